The van der Waals surface area contributed by atoms with Gasteiger partial charge in [-0.2, -0.15) is 5.10 Å². The molecule has 2 N–H and O–H groups in total. The Balaban J connectivity index is 1.70. The summed E-state index contributed by atoms with van der Waals surface area (Å²) in [6.45, 7) is 1.94. The van der Waals surface area contributed by atoms with Crippen molar-refractivity contribution in [3.63, 3.8) is 0 Å². The van der Waals surface area contributed by atoms with Crippen LogP contribution in [0.25, 0.3) is 0 Å². The molecule has 1 aromatic heterocycles. The highest BCUT2D eigenvalue weighted by atomic mass is 16.5. The van der Waals surface area contributed by atoms with E-state index in [-0.39, 0.29) is 11.7 Å². The highest BCUT2D eigenvalue weighted by molar-refractivity contribution is 6.02. The number of rotatable bonds is 6. The van der Waals surface area contributed by atoms with Crippen molar-refractivity contribution in [3.05, 3.63) is 41.6 Å². The Hall–Kier alpha value is -3.36. The number of aromatic nitrogens is 2. The predicted molar refractivity (Wildman–Crippen MR) is 100 cm³/mol. The minimum absolute atomic E-state index is 0.180. The number of benzene rings is 1. The zero-order valence-electron chi connectivity index (χ0n) is 15.7. The first-order valence-corrected chi connectivity index (χ1v) is 8.92. The second-order valence-electron chi connectivity index (χ2n) is 6.64. The number of carboxylic acid groups (broad SMARTS) is 1. The molecule has 0 aliphatic carbocycles. The van der Waals surface area contributed by atoms with Crippen molar-refractivity contribution < 1.29 is 24.2 Å². The lowest BCUT2D eigenvalue weighted by atomic mass is 10.0. The van der Waals surface area contributed by atoms with Gasteiger partial charge < -0.3 is 15.2 Å². The van der Waals surface area contributed by atoms with E-state index in [2.05, 4.69) is 10.4 Å². The largest absolute Gasteiger partial charge is 0.482 e. The van der Waals surface area contributed by atoms with Crippen LogP contribution in [0.2, 0.25) is 0 Å². The quantitative estimate of drug-likeness (QED) is 0.769. The van der Waals surface area contributed by atoms with Gasteiger partial charge in [-0.05, 0) is 38.0 Å². The molecular formula is C19H22N4O5. The fraction of sp³-hybridized carbons (Fsp3) is 0.368. The monoisotopic (exact) mass is 386 g/mol. The molecule has 1 saturated heterocycles. The molecule has 1 fully saturated rings. The minimum atomic E-state index is -1.10. The summed E-state index contributed by atoms with van der Waals surface area (Å²) in [7, 11) is 1.78. The Kier molecular flexibility index (Phi) is 5.62. The molecule has 28 heavy (non-hydrogen) atoms. The Morgan fingerprint density at radius 3 is 2.82 bits per heavy atom. The van der Waals surface area contributed by atoms with Gasteiger partial charge in [0.25, 0.3) is 11.8 Å². The van der Waals surface area contributed by atoms with Gasteiger partial charge in [-0.1, -0.05) is 6.07 Å². The van der Waals surface area contributed by atoms with Crippen molar-refractivity contribution in [1.82, 2.24) is 15.1 Å². The first-order valence-electron chi connectivity index (χ1n) is 8.92. The lowest BCUT2D eigenvalue weighted by Crippen LogP contribution is -2.52. The fourth-order valence-corrected chi connectivity index (χ4v) is 3.20. The van der Waals surface area contributed by atoms with Crippen LogP contribution < -0.4 is 15.0 Å². The van der Waals surface area contributed by atoms with Gasteiger partial charge in [0.15, 0.2) is 6.61 Å². The number of hydrogen-bond acceptors (Lipinski definition) is 5. The minimum Gasteiger partial charge on any atom is -0.482 e. The summed E-state index contributed by atoms with van der Waals surface area (Å²) < 4.78 is 6.75. The molecule has 3 rings (SSSR count). The maximum atomic E-state index is 12.9. The summed E-state index contributed by atoms with van der Waals surface area (Å²) in [4.78, 5) is 37.7. The lowest BCUT2D eigenvalue weighted by molar-refractivity contribution is -0.139. The average molecular weight is 386 g/mol. The molecule has 2 aromatic rings. The van der Waals surface area contributed by atoms with E-state index in [4.69, 9.17) is 9.84 Å². The van der Waals surface area contributed by atoms with Gasteiger partial charge in [0.2, 0.25) is 0 Å². The number of piperidine rings is 1. The molecule has 1 aromatic carbocycles. The molecule has 0 spiro atoms. The van der Waals surface area contributed by atoms with Crippen molar-refractivity contribution in [1.29, 1.82) is 0 Å². The number of nitrogens with zero attached hydrogens (tertiary/aromatic N) is 3. The summed E-state index contributed by atoms with van der Waals surface area (Å²) in [6, 6.07) is 7.40. The van der Waals surface area contributed by atoms with Crippen LogP contribution in [0.4, 0.5) is 5.82 Å². The molecule has 9 heteroatoms. The van der Waals surface area contributed by atoms with E-state index in [0.29, 0.717) is 24.3 Å². The van der Waals surface area contributed by atoms with E-state index < -0.39 is 24.5 Å². The summed E-state index contributed by atoms with van der Waals surface area (Å²) in [6.07, 6.45) is 1.30. The highest BCUT2D eigenvalue weighted by Crippen LogP contribution is 2.22. The van der Waals surface area contributed by atoms with Gasteiger partial charge in [-0.3, -0.25) is 19.2 Å². The molecule has 1 aliphatic rings. The highest BCUT2D eigenvalue weighted by Gasteiger charge is 2.32. The molecule has 0 radical (unpaired) electrons. The third-order valence-electron chi connectivity index (χ3n) is 4.46. The van der Waals surface area contributed by atoms with Crippen molar-refractivity contribution in [2.75, 3.05) is 18.1 Å². The number of carbonyl (C=O) groups is 3. The first kappa shape index (κ1) is 19.4. The van der Waals surface area contributed by atoms with E-state index in [0.717, 1.165) is 12.1 Å². The second kappa shape index (κ2) is 8.12. The molecule has 1 unspecified atom stereocenters. The predicted octanol–water partition coefficient (Wildman–Crippen LogP) is 1.12. The van der Waals surface area contributed by atoms with Crippen molar-refractivity contribution in [2.24, 2.45) is 7.05 Å². The molecule has 2 heterocycles. The second-order valence-corrected chi connectivity index (χ2v) is 6.64. The number of amides is 2. The number of aliphatic carboxylic acids is 1. The van der Waals surface area contributed by atoms with Crippen LogP contribution >= 0.6 is 0 Å². The number of carbonyl (C=O) groups excluding carboxylic acids is 2. The summed E-state index contributed by atoms with van der Waals surface area (Å²) >= 11 is 0. The lowest BCUT2D eigenvalue weighted by Gasteiger charge is -2.32. The number of aryl methyl sites for hydroxylation is 2. The summed E-state index contributed by atoms with van der Waals surface area (Å²) in [5.41, 5.74) is 1.11. The van der Waals surface area contributed by atoms with Gasteiger partial charge in [0, 0.05) is 25.2 Å². The normalized spacial score (nSPS) is 16.7. The molecule has 0 bridgehead atoms. The molecule has 148 valence electrons. The third-order valence-corrected chi connectivity index (χ3v) is 4.46. The Labute approximate surface area is 161 Å². The molecule has 0 saturated carbocycles. The fourth-order valence-electron chi connectivity index (χ4n) is 3.20. The average Bonchev–Trinajstić information content (AvgIpc) is 3.00. The number of hydrogen-bond donors (Lipinski definition) is 2. The molecule has 2 amide bonds. The Morgan fingerprint density at radius 2 is 2.14 bits per heavy atom. The summed E-state index contributed by atoms with van der Waals surface area (Å²) in [5, 5.41) is 15.7. The van der Waals surface area contributed by atoms with E-state index in [9.17, 15) is 14.4 Å². The number of carboxylic acids is 1. The zero-order chi connectivity index (χ0) is 20.3. The van der Waals surface area contributed by atoms with Crippen molar-refractivity contribution in [2.45, 2.75) is 25.8 Å². The summed E-state index contributed by atoms with van der Waals surface area (Å²) in [5.74, 6) is -0.723. The topological polar surface area (TPSA) is 114 Å². The van der Waals surface area contributed by atoms with Crippen LogP contribution in [0, 0.1) is 6.92 Å². The SMILES string of the molecule is Cc1cc(N2CCCC(NC(=O)c3cccc(OCC(=O)O)c3)C2=O)n(C)n1. The van der Waals surface area contributed by atoms with Gasteiger partial charge in [0.05, 0.1) is 5.69 Å². The van der Waals surface area contributed by atoms with Crippen LogP contribution in [0.15, 0.2) is 30.3 Å². The van der Waals surface area contributed by atoms with Crippen LogP contribution in [0.5, 0.6) is 5.75 Å². The maximum Gasteiger partial charge on any atom is 0.341 e. The van der Waals surface area contributed by atoms with Gasteiger partial charge in [0.1, 0.15) is 17.6 Å². The van der Waals surface area contributed by atoms with Crippen LogP contribution in [0.3, 0.4) is 0 Å². The number of ether oxygens (including phenoxy) is 1. The molecular weight excluding hydrogens is 364 g/mol. The third kappa shape index (κ3) is 4.30. The zero-order valence-corrected chi connectivity index (χ0v) is 15.7. The molecule has 1 aliphatic heterocycles. The number of nitrogens with one attached hydrogen (secondary N) is 1. The smallest absolute Gasteiger partial charge is 0.341 e. The molecule has 9 nitrogen and oxygen atoms in total. The maximum absolute atomic E-state index is 12.9. The molecule has 1 atom stereocenters. The Bertz CT molecular complexity index is 907. The van der Waals surface area contributed by atoms with Crippen LogP contribution in [-0.4, -0.2) is 51.9 Å². The van der Waals surface area contributed by atoms with E-state index in [1.54, 1.807) is 34.8 Å². The van der Waals surface area contributed by atoms with Gasteiger partial charge in [-0.25, -0.2) is 4.79 Å². The van der Waals surface area contributed by atoms with Gasteiger partial charge in [-0.15, -0.1) is 0 Å². The Morgan fingerprint density at radius 1 is 1.36 bits per heavy atom. The number of anilines is 1. The van der Waals surface area contributed by atoms with Crippen LogP contribution in [-0.2, 0) is 16.6 Å². The van der Waals surface area contributed by atoms with E-state index >= 15 is 0 Å². The first-order chi connectivity index (χ1) is 13.3. The van der Waals surface area contributed by atoms with E-state index in [1.165, 1.54) is 6.07 Å². The van der Waals surface area contributed by atoms with Crippen molar-refractivity contribution in [3.8, 4) is 5.75 Å². The van der Waals surface area contributed by atoms with Gasteiger partial charge >= 0.3 is 5.97 Å². The van der Waals surface area contributed by atoms with Crippen molar-refractivity contribution >= 4 is 23.6 Å². The van der Waals surface area contributed by atoms with E-state index in [1.807, 2.05) is 13.0 Å². The van der Waals surface area contributed by atoms with Crippen LogP contribution in [0.1, 0.15) is 28.9 Å². The standard InChI is InChI=1S/C19H22N4O5/c1-12-9-16(22(2)21-12)23-8-4-7-15(19(23)27)20-18(26)13-5-3-6-14(10-13)28-11-17(24)25/h3,5-6,9-10,15H,4,7-8,11H2,1-2H3,(H,20,26)(H,24,25).